The Morgan fingerprint density at radius 2 is 1.08 bits per heavy atom. The van der Waals surface area contributed by atoms with E-state index in [1.807, 2.05) is 113 Å². The fourth-order valence-corrected chi connectivity index (χ4v) is 16.1. The summed E-state index contributed by atoms with van der Waals surface area (Å²) in [7, 11) is -3.31. The number of nitro benzene ring substituents is 2. The Bertz CT molecular complexity index is 4240. The normalized spacial score (nSPS) is 17.7. The van der Waals surface area contributed by atoms with Gasteiger partial charge in [0, 0.05) is 60.4 Å². The molecule has 0 heterocycles. The fraction of sp³-hybridized carbons (Fsp3) is 0.408. The molecule has 23 nitrogen and oxygen atoms in total. The third-order valence-electron chi connectivity index (χ3n) is 17.5. The number of carboxylic acid groups (broad SMARTS) is 1. The molecule has 6 aromatic carbocycles. The molecule has 0 aromatic heterocycles. The van der Waals surface area contributed by atoms with E-state index in [1.165, 1.54) is 31.2 Å². The summed E-state index contributed by atoms with van der Waals surface area (Å²) in [5.74, 6) is -3.69. The molecular formula is C76H94Cl2N6O17S2. The number of carboxylic acids is 1. The third kappa shape index (κ3) is 24.9. The summed E-state index contributed by atoms with van der Waals surface area (Å²) in [5, 5.41) is 47.0. The average molecular weight is 1500 g/mol. The molecule has 6 aromatic rings. The molecule has 27 heteroatoms. The minimum atomic E-state index is -3.48. The fourth-order valence-electron chi connectivity index (χ4n) is 12.3. The number of carbonyl (C=O) groups excluding carboxylic acids is 3. The van der Waals surface area contributed by atoms with Gasteiger partial charge in [-0.1, -0.05) is 129 Å². The molecule has 0 radical (unpaired) electrons. The SMILES string of the molecule is C.C=CC[C@H](C)CS(N)(=O)=NC(=O)O[C@@H](C)c1ccccc1.C=CC[C@H](C)C[S@@](=O)(CC(=O)O[C@@H](C)c1ccccc1)=NC(=O)c1ccc(OC[C@@]2(C(C)OC)CCCc3cc(Cl)ccc32)c([N+](=O)[O-])c1.CC#N.COC(C)[C@]1(COc2ccc(C(=O)O)cc2[N+](=O)[O-])CCCc2cc(Cl)ccc21. The summed E-state index contributed by atoms with van der Waals surface area (Å²) in [6, 6.07) is 38.9. The van der Waals surface area contributed by atoms with Crippen LogP contribution in [0.25, 0.3) is 0 Å². The molecule has 3 unspecified atom stereocenters. The second-order valence-electron chi connectivity index (χ2n) is 25.0. The van der Waals surface area contributed by atoms with Crippen molar-refractivity contribution in [3.8, 4) is 17.6 Å². The highest BCUT2D eigenvalue weighted by Crippen LogP contribution is 2.45. The zero-order valence-electron chi connectivity index (χ0n) is 58.8. The number of benzene rings is 6. The number of halogens is 2. The van der Waals surface area contributed by atoms with E-state index < -0.39 is 87.9 Å². The number of rotatable bonds is 28. The Kier molecular flexibility index (Phi) is 34.3. The lowest BCUT2D eigenvalue weighted by atomic mass is 9.67. The van der Waals surface area contributed by atoms with Crippen LogP contribution < -0.4 is 14.6 Å². The summed E-state index contributed by atoms with van der Waals surface area (Å²) >= 11 is 12.4. The molecule has 0 saturated carbocycles. The molecule has 8 rings (SSSR count). The van der Waals surface area contributed by atoms with Gasteiger partial charge in [0.25, 0.3) is 5.91 Å². The lowest BCUT2D eigenvalue weighted by Crippen LogP contribution is -2.46. The lowest BCUT2D eigenvalue weighted by Gasteiger charge is -2.42. The number of carbonyl (C=O) groups is 4. The van der Waals surface area contributed by atoms with E-state index in [-0.39, 0.29) is 84.5 Å². The summed E-state index contributed by atoms with van der Waals surface area (Å²) in [6.45, 7) is 20.0. The maximum atomic E-state index is 14.1. The quantitative estimate of drug-likeness (QED) is 0.0199. The molecular weight excluding hydrogens is 1400 g/mol. The van der Waals surface area contributed by atoms with Crippen LogP contribution in [0.1, 0.15) is 161 Å². The van der Waals surface area contributed by atoms with Crippen molar-refractivity contribution in [3.05, 3.63) is 234 Å². The Hall–Kier alpha value is -8.87. The van der Waals surface area contributed by atoms with Crippen molar-refractivity contribution in [1.29, 1.82) is 5.26 Å². The van der Waals surface area contributed by atoms with E-state index >= 15 is 0 Å². The number of hydrogen-bond acceptors (Lipinski definition) is 17. The largest absolute Gasteiger partial charge is 0.486 e. The molecule has 0 aliphatic heterocycles. The van der Waals surface area contributed by atoms with E-state index in [0.29, 0.717) is 22.9 Å². The molecule has 2 amide bonds. The van der Waals surface area contributed by atoms with Crippen LogP contribution in [0.2, 0.25) is 10.0 Å². The lowest BCUT2D eigenvalue weighted by molar-refractivity contribution is -0.386. The highest BCUT2D eigenvalue weighted by atomic mass is 35.5. The maximum absolute atomic E-state index is 14.1. The zero-order valence-corrected chi connectivity index (χ0v) is 61.9. The van der Waals surface area contributed by atoms with Crippen LogP contribution in [-0.4, -0.2) is 104 Å². The number of amides is 2. The van der Waals surface area contributed by atoms with E-state index in [1.54, 1.807) is 58.4 Å². The molecule has 3 N–H and O–H groups in total. The van der Waals surface area contributed by atoms with Crippen molar-refractivity contribution in [2.75, 3.05) is 44.7 Å². The van der Waals surface area contributed by atoms with Gasteiger partial charge in [0.2, 0.25) is 0 Å². The van der Waals surface area contributed by atoms with Gasteiger partial charge >= 0.3 is 29.4 Å². The molecule has 0 saturated heterocycles. The number of allylic oxidation sites excluding steroid dienone is 2. The number of methoxy groups -OCH3 is 2. The topological polar surface area (TPSA) is 339 Å². The second-order valence-corrected chi connectivity index (χ2v) is 30.1. The monoisotopic (exact) mass is 1500 g/mol. The van der Waals surface area contributed by atoms with Crippen LogP contribution in [0.4, 0.5) is 16.2 Å². The number of nitrogens with two attached hydrogens (primary N) is 1. The van der Waals surface area contributed by atoms with E-state index in [2.05, 4.69) is 21.9 Å². The summed E-state index contributed by atoms with van der Waals surface area (Å²) in [5.41, 5.74) is 3.60. The van der Waals surface area contributed by atoms with Crippen LogP contribution in [0.5, 0.6) is 11.5 Å². The van der Waals surface area contributed by atoms with Crippen LogP contribution in [-0.2, 0) is 67.1 Å². The number of aryl methyl sites for hydroxylation is 2. The molecule has 2 aliphatic rings. The number of nitrogens with zero attached hydrogens (tertiary/aromatic N) is 5. The first-order valence-electron chi connectivity index (χ1n) is 32.9. The highest BCUT2D eigenvalue weighted by Gasteiger charge is 2.45. The third-order valence-corrected chi connectivity index (χ3v) is 21.8. The van der Waals surface area contributed by atoms with Crippen LogP contribution in [0, 0.1) is 43.4 Å². The van der Waals surface area contributed by atoms with Crippen molar-refractivity contribution >= 4 is 78.2 Å². The first kappa shape index (κ1) is 86.5. The van der Waals surface area contributed by atoms with Crippen LogP contribution in [0.3, 0.4) is 0 Å². The molecule has 10 atom stereocenters. The predicted molar refractivity (Wildman–Crippen MR) is 402 cm³/mol. The molecule has 556 valence electrons. The van der Waals surface area contributed by atoms with E-state index in [9.17, 15) is 47.8 Å². The molecule has 0 fully saturated rings. The van der Waals surface area contributed by atoms with Crippen molar-refractivity contribution in [1.82, 2.24) is 0 Å². The second kappa shape index (κ2) is 40.8. The van der Waals surface area contributed by atoms with Crippen molar-refractivity contribution < 1.29 is 71.0 Å². The van der Waals surface area contributed by atoms with Gasteiger partial charge in [-0.15, -0.1) is 17.5 Å². The Balaban J connectivity index is 0.000000351. The van der Waals surface area contributed by atoms with Crippen LogP contribution in [0.15, 0.2) is 167 Å². The van der Waals surface area contributed by atoms with Gasteiger partial charge in [-0.2, -0.15) is 9.62 Å². The van der Waals surface area contributed by atoms with Gasteiger partial charge in [0.15, 0.2) is 11.5 Å². The van der Waals surface area contributed by atoms with Crippen molar-refractivity contribution in [2.24, 2.45) is 25.7 Å². The maximum Gasteiger partial charge on any atom is 0.443 e. The molecule has 2 aliphatic carbocycles. The first-order valence-corrected chi connectivity index (χ1v) is 37.2. The number of nitriles is 1. The minimum Gasteiger partial charge on any atom is -0.486 e. The summed E-state index contributed by atoms with van der Waals surface area (Å²) in [4.78, 5) is 71.7. The number of esters is 1. The Labute approximate surface area is 614 Å². The highest BCUT2D eigenvalue weighted by molar-refractivity contribution is 7.94. The van der Waals surface area contributed by atoms with Gasteiger partial charge in [0.1, 0.15) is 41.1 Å². The summed E-state index contributed by atoms with van der Waals surface area (Å²) in [6.07, 6.45) is 7.05. The number of fused-ring (bicyclic) bond motifs is 2. The van der Waals surface area contributed by atoms with Gasteiger partial charge in [-0.3, -0.25) is 29.8 Å². The minimum absolute atomic E-state index is 0. The predicted octanol–water partition coefficient (Wildman–Crippen LogP) is 17.3. The summed E-state index contributed by atoms with van der Waals surface area (Å²) < 4.78 is 67.9. The van der Waals surface area contributed by atoms with Crippen molar-refractivity contribution in [2.45, 2.75) is 143 Å². The average Bonchev–Trinajstić information content (AvgIpc) is 0.765. The Morgan fingerprint density at radius 1 is 0.660 bits per heavy atom. The first-order chi connectivity index (χ1) is 48.3. The van der Waals surface area contributed by atoms with Crippen LogP contribution >= 0.6 is 23.2 Å². The number of nitro groups is 2. The Morgan fingerprint density at radius 3 is 1.50 bits per heavy atom. The standard InChI is InChI=1S/C37H43ClN2O8S.C21H22ClNO6.C15H22N2O3S.C2H3N.CH4/c1-6-11-25(2)22-49(45,23-35(41)48-26(3)28-12-8-7-9-13-28)39-36(42)30-15-18-34(33(21-30)40(43)44)47-24-37(27(4)46-5)19-10-14-29-20-31(38)16-17-32(29)37;1-13(28-2)21(9-3-4-14-10-16(22)6-7-17(14)21)12-29-19-8-5-15(20(24)25)11-18(19)23(26)27;1-4-8-12(2)11-21(16,19)17-15(18)20-13(3)14-9-6-5-7-10-14;1-2-3;/h6-9,12-13,15-18,20-21,25-27H,1,10-11,14,19,22-24H2,2-5H3;5-8,10-11,13H,3-4,9,12H2,1-2H3,(H,24,25);4-7,9-10,12-13H,1,8,11H2,2-3H3,(H2,16,17,18,19);1H3;1H4/t25-,26-,27?,37+,49+;13?,21-;12-,13-,21?;;/m010../s1. The number of hydrogen-bond donors (Lipinski definition) is 2. The van der Waals surface area contributed by atoms with E-state index in [0.717, 1.165) is 84.0 Å². The smallest absolute Gasteiger partial charge is 0.443 e. The number of ether oxygens (including phenoxy) is 6. The van der Waals surface area contributed by atoms with Gasteiger partial charge in [-0.25, -0.2) is 23.1 Å². The van der Waals surface area contributed by atoms with E-state index in [4.69, 9.17) is 67.1 Å². The molecule has 103 heavy (non-hydrogen) atoms. The molecule has 0 bridgehead atoms. The molecule has 0 spiro atoms. The van der Waals surface area contributed by atoms with Gasteiger partial charge in [-0.05, 0) is 173 Å². The zero-order chi connectivity index (χ0) is 75.5. The van der Waals surface area contributed by atoms with Gasteiger partial charge in [0.05, 0.1) is 54.2 Å². The number of aromatic carboxylic acids is 1. The van der Waals surface area contributed by atoms with Gasteiger partial charge < -0.3 is 33.5 Å². The van der Waals surface area contributed by atoms with Crippen molar-refractivity contribution in [3.63, 3.8) is 0 Å².